The van der Waals surface area contributed by atoms with E-state index in [1.54, 1.807) is 0 Å². The molecule has 2 heterocycles. The van der Waals surface area contributed by atoms with Crippen molar-refractivity contribution in [1.29, 1.82) is 0 Å². The van der Waals surface area contributed by atoms with Crippen LogP contribution in [0.5, 0.6) is 11.5 Å². The van der Waals surface area contributed by atoms with Gasteiger partial charge in [0.2, 0.25) is 6.79 Å². The molecule has 0 aliphatic carbocycles. The zero-order valence-electron chi connectivity index (χ0n) is 11.2. The van der Waals surface area contributed by atoms with Gasteiger partial charge in [-0.25, -0.2) is 0 Å². The van der Waals surface area contributed by atoms with Crippen LogP contribution >= 0.6 is 0 Å². The van der Waals surface area contributed by atoms with Crippen LogP contribution in [0.3, 0.4) is 0 Å². The van der Waals surface area contributed by atoms with Crippen LogP contribution in [0.15, 0.2) is 28.7 Å². The van der Waals surface area contributed by atoms with Crippen LogP contribution in [0, 0.1) is 6.92 Å². The van der Waals surface area contributed by atoms with E-state index in [9.17, 15) is 0 Å². The zero-order chi connectivity index (χ0) is 13.2. The van der Waals surface area contributed by atoms with Crippen LogP contribution in [0.1, 0.15) is 22.6 Å². The maximum Gasteiger partial charge on any atom is 0.231 e. The Morgan fingerprint density at radius 1 is 1.11 bits per heavy atom. The number of fused-ring (bicyclic) bond motifs is 1. The first-order valence-electron chi connectivity index (χ1n) is 6.37. The van der Waals surface area contributed by atoms with Crippen molar-refractivity contribution in [3.63, 3.8) is 0 Å². The normalized spacial score (nSPS) is 12.9. The predicted molar refractivity (Wildman–Crippen MR) is 71.6 cm³/mol. The monoisotopic (exact) mass is 259 g/mol. The summed E-state index contributed by atoms with van der Waals surface area (Å²) in [5, 5.41) is 3.08. The summed E-state index contributed by atoms with van der Waals surface area (Å²) >= 11 is 0. The van der Waals surface area contributed by atoms with E-state index >= 15 is 0 Å². The molecule has 0 radical (unpaired) electrons. The highest BCUT2D eigenvalue weighted by Crippen LogP contribution is 2.35. The SMILES string of the molecule is CNCc1ccc(Cc2cc3c(cc2C)OCO3)o1. The molecular weight excluding hydrogens is 242 g/mol. The van der Waals surface area contributed by atoms with E-state index in [4.69, 9.17) is 13.9 Å². The lowest BCUT2D eigenvalue weighted by Crippen LogP contribution is -2.03. The molecule has 2 aromatic rings. The first kappa shape index (κ1) is 12.1. The summed E-state index contributed by atoms with van der Waals surface area (Å²) in [6.07, 6.45) is 0.770. The van der Waals surface area contributed by atoms with Crippen molar-refractivity contribution in [3.8, 4) is 11.5 Å². The lowest BCUT2D eigenvalue weighted by Gasteiger charge is -2.06. The molecule has 1 aliphatic rings. The number of furan rings is 1. The fraction of sp³-hybridized carbons (Fsp3) is 0.333. The van der Waals surface area contributed by atoms with Gasteiger partial charge in [0.1, 0.15) is 11.5 Å². The van der Waals surface area contributed by atoms with Crippen molar-refractivity contribution >= 4 is 0 Å². The number of rotatable bonds is 4. The molecule has 3 rings (SSSR count). The molecule has 0 amide bonds. The average Bonchev–Trinajstić information content (AvgIpc) is 2.99. The molecule has 1 aromatic carbocycles. The molecule has 0 spiro atoms. The summed E-state index contributed by atoms with van der Waals surface area (Å²) in [7, 11) is 1.91. The van der Waals surface area contributed by atoms with Gasteiger partial charge < -0.3 is 19.2 Å². The van der Waals surface area contributed by atoms with Crippen LogP contribution in [0.25, 0.3) is 0 Å². The van der Waals surface area contributed by atoms with Crippen molar-refractivity contribution in [1.82, 2.24) is 5.32 Å². The Hall–Kier alpha value is -1.94. The maximum atomic E-state index is 5.77. The fourth-order valence-corrected chi connectivity index (χ4v) is 2.25. The quantitative estimate of drug-likeness (QED) is 0.916. The molecule has 4 heteroatoms. The molecule has 0 bridgehead atoms. The van der Waals surface area contributed by atoms with Gasteiger partial charge in [-0.05, 0) is 49.4 Å². The first-order chi connectivity index (χ1) is 9.26. The van der Waals surface area contributed by atoms with Crippen LogP contribution < -0.4 is 14.8 Å². The topological polar surface area (TPSA) is 43.6 Å². The fourth-order valence-electron chi connectivity index (χ4n) is 2.25. The van der Waals surface area contributed by atoms with E-state index in [-0.39, 0.29) is 0 Å². The summed E-state index contributed by atoms with van der Waals surface area (Å²) in [6, 6.07) is 8.10. The molecule has 1 aromatic heterocycles. The number of hydrogen-bond donors (Lipinski definition) is 1. The van der Waals surface area contributed by atoms with E-state index in [1.807, 2.05) is 31.3 Å². The van der Waals surface area contributed by atoms with Gasteiger partial charge in [0.15, 0.2) is 11.5 Å². The van der Waals surface area contributed by atoms with E-state index in [0.29, 0.717) is 6.79 Å². The van der Waals surface area contributed by atoms with Crippen molar-refractivity contribution in [3.05, 3.63) is 46.9 Å². The van der Waals surface area contributed by atoms with Crippen molar-refractivity contribution in [2.75, 3.05) is 13.8 Å². The molecule has 19 heavy (non-hydrogen) atoms. The molecule has 0 atom stereocenters. The first-order valence-corrected chi connectivity index (χ1v) is 6.37. The second kappa shape index (κ2) is 4.97. The summed E-state index contributed by atoms with van der Waals surface area (Å²) in [5.74, 6) is 3.57. The molecule has 0 saturated heterocycles. The highest BCUT2D eigenvalue weighted by atomic mass is 16.7. The minimum atomic E-state index is 0.311. The van der Waals surface area contributed by atoms with Crippen LogP contribution in [-0.4, -0.2) is 13.8 Å². The minimum absolute atomic E-state index is 0.311. The number of benzene rings is 1. The van der Waals surface area contributed by atoms with Gasteiger partial charge in [-0.2, -0.15) is 0 Å². The molecule has 100 valence electrons. The summed E-state index contributed by atoms with van der Waals surface area (Å²) < 4.78 is 16.5. The van der Waals surface area contributed by atoms with Crippen LogP contribution in [0.2, 0.25) is 0 Å². The number of ether oxygens (including phenoxy) is 2. The van der Waals surface area contributed by atoms with Crippen LogP contribution in [0.4, 0.5) is 0 Å². The molecule has 0 fully saturated rings. The number of hydrogen-bond acceptors (Lipinski definition) is 4. The summed E-state index contributed by atoms with van der Waals surface area (Å²) in [5.41, 5.74) is 2.39. The highest BCUT2D eigenvalue weighted by molar-refractivity contribution is 5.49. The predicted octanol–water partition coefficient (Wildman–Crippen LogP) is 2.63. The van der Waals surface area contributed by atoms with E-state index in [1.165, 1.54) is 11.1 Å². The van der Waals surface area contributed by atoms with Gasteiger partial charge in [0.25, 0.3) is 0 Å². The zero-order valence-corrected chi connectivity index (χ0v) is 11.2. The van der Waals surface area contributed by atoms with Crippen molar-refractivity contribution in [2.24, 2.45) is 0 Å². The molecule has 1 N–H and O–H groups in total. The summed E-state index contributed by atoms with van der Waals surface area (Å²) in [6.45, 7) is 3.14. The second-order valence-electron chi connectivity index (χ2n) is 4.71. The smallest absolute Gasteiger partial charge is 0.231 e. The van der Waals surface area contributed by atoms with Gasteiger partial charge in [-0.15, -0.1) is 0 Å². The molecule has 0 unspecified atom stereocenters. The van der Waals surface area contributed by atoms with Crippen molar-refractivity contribution < 1.29 is 13.9 Å². The van der Waals surface area contributed by atoms with Crippen LogP contribution in [-0.2, 0) is 13.0 Å². The lowest BCUT2D eigenvalue weighted by atomic mass is 10.0. The Balaban J connectivity index is 1.82. The Labute approximate surface area is 112 Å². The number of aryl methyl sites for hydroxylation is 1. The minimum Gasteiger partial charge on any atom is -0.464 e. The average molecular weight is 259 g/mol. The summed E-state index contributed by atoms with van der Waals surface area (Å²) in [4.78, 5) is 0. The Bertz CT molecular complexity index is 589. The molecule has 0 saturated carbocycles. The third-order valence-electron chi connectivity index (χ3n) is 3.26. The van der Waals surface area contributed by atoms with Gasteiger partial charge in [-0.3, -0.25) is 0 Å². The maximum absolute atomic E-state index is 5.77. The van der Waals surface area contributed by atoms with Gasteiger partial charge in [0, 0.05) is 6.42 Å². The van der Waals surface area contributed by atoms with Crippen molar-refractivity contribution in [2.45, 2.75) is 19.9 Å². The molecule has 1 aliphatic heterocycles. The molecular formula is C15H17NO3. The third-order valence-corrected chi connectivity index (χ3v) is 3.26. The van der Waals surface area contributed by atoms with Gasteiger partial charge >= 0.3 is 0 Å². The lowest BCUT2D eigenvalue weighted by molar-refractivity contribution is 0.174. The Morgan fingerprint density at radius 2 is 1.84 bits per heavy atom. The Kier molecular flexibility index (Phi) is 3.17. The molecule has 4 nitrogen and oxygen atoms in total. The second-order valence-corrected chi connectivity index (χ2v) is 4.71. The highest BCUT2D eigenvalue weighted by Gasteiger charge is 2.16. The largest absolute Gasteiger partial charge is 0.464 e. The third kappa shape index (κ3) is 2.44. The van der Waals surface area contributed by atoms with E-state index in [2.05, 4.69) is 12.2 Å². The van der Waals surface area contributed by atoms with Gasteiger partial charge in [0.05, 0.1) is 6.54 Å². The van der Waals surface area contributed by atoms with Gasteiger partial charge in [-0.1, -0.05) is 0 Å². The standard InChI is InChI=1S/C15H17NO3/c1-10-5-14-15(18-9-17-14)7-11(10)6-12-3-4-13(19-12)8-16-2/h3-5,7,16H,6,8-9H2,1-2H3. The van der Waals surface area contributed by atoms with E-state index < -0.39 is 0 Å². The van der Waals surface area contributed by atoms with E-state index in [0.717, 1.165) is 36.0 Å². The Morgan fingerprint density at radius 3 is 2.63 bits per heavy atom. The number of nitrogens with one attached hydrogen (secondary N) is 1.